The maximum atomic E-state index is 8.44. The molecule has 0 spiro atoms. The van der Waals surface area contributed by atoms with Crippen LogP contribution in [0.5, 0.6) is 0 Å². The maximum absolute atomic E-state index is 8.44. The molecular weight excluding hydrogens is 234 g/mol. The van der Waals surface area contributed by atoms with E-state index in [9.17, 15) is 0 Å². The van der Waals surface area contributed by atoms with E-state index in [-0.39, 0.29) is 5.88 Å². The van der Waals surface area contributed by atoms with Crippen molar-refractivity contribution in [1.29, 1.82) is 0 Å². The van der Waals surface area contributed by atoms with Crippen molar-refractivity contribution in [3.05, 3.63) is 46.3 Å². The van der Waals surface area contributed by atoms with E-state index in [4.69, 9.17) is 10.1 Å². The van der Waals surface area contributed by atoms with Gasteiger partial charge in [-0.15, -0.1) is 0 Å². The Balaban J connectivity index is 2.54. The second-order valence-corrected chi connectivity index (χ2v) is 3.22. The quantitative estimate of drug-likeness (QED) is 0.271. The number of azide groups is 1. The standard InChI is InChI=1S/C11H9N5O2/c1-17-13-7-9-10(8-5-3-2-4-6-8)15-18-11(9)14-16-12/h2-7H,1H3/b13-7+. The van der Waals surface area contributed by atoms with Crippen molar-refractivity contribution in [3.63, 3.8) is 0 Å². The minimum Gasteiger partial charge on any atom is -0.399 e. The molecule has 0 radical (unpaired) electrons. The third kappa shape index (κ3) is 2.31. The van der Waals surface area contributed by atoms with Gasteiger partial charge in [0.05, 0.1) is 11.8 Å². The molecule has 0 atom stereocenters. The number of rotatable bonds is 4. The average Bonchev–Trinajstić information content (AvgIpc) is 2.81. The number of benzene rings is 1. The lowest BCUT2D eigenvalue weighted by molar-refractivity contribution is 0.215. The lowest BCUT2D eigenvalue weighted by atomic mass is 10.1. The normalized spacial score (nSPS) is 10.3. The molecule has 0 saturated carbocycles. The number of hydrogen-bond acceptors (Lipinski definition) is 5. The van der Waals surface area contributed by atoms with Crippen LogP contribution in [0.4, 0.5) is 5.88 Å². The molecule has 0 bridgehead atoms. The van der Waals surface area contributed by atoms with Crippen molar-refractivity contribution in [2.75, 3.05) is 7.11 Å². The van der Waals surface area contributed by atoms with Crippen molar-refractivity contribution >= 4 is 12.1 Å². The predicted molar refractivity (Wildman–Crippen MR) is 65.3 cm³/mol. The second kappa shape index (κ2) is 5.51. The summed E-state index contributed by atoms with van der Waals surface area (Å²) in [4.78, 5) is 7.27. The van der Waals surface area contributed by atoms with E-state index in [1.807, 2.05) is 30.3 Å². The fraction of sp³-hybridized carbons (Fsp3) is 0.0909. The molecule has 90 valence electrons. The summed E-state index contributed by atoms with van der Waals surface area (Å²) < 4.78 is 4.97. The van der Waals surface area contributed by atoms with E-state index in [0.29, 0.717) is 11.3 Å². The van der Waals surface area contributed by atoms with Gasteiger partial charge in [0.1, 0.15) is 12.8 Å². The second-order valence-electron chi connectivity index (χ2n) is 3.22. The van der Waals surface area contributed by atoms with Gasteiger partial charge in [0.2, 0.25) is 5.88 Å². The summed E-state index contributed by atoms with van der Waals surface area (Å²) in [5.74, 6) is 0.0529. The van der Waals surface area contributed by atoms with Crippen molar-refractivity contribution in [1.82, 2.24) is 5.16 Å². The zero-order valence-corrected chi connectivity index (χ0v) is 9.52. The Labute approximate surface area is 102 Å². The van der Waals surface area contributed by atoms with Crippen LogP contribution in [0, 0.1) is 0 Å². The number of aromatic nitrogens is 1. The Bertz CT molecular complexity index is 599. The molecule has 0 saturated heterocycles. The zero-order valence-electron chi connectivity index (χ0n) is 9.52. The molecule has 1 heterocycles. The van der Waals surface area contributed by atoms with Gasteiger partial charge in [-0.05, 0) is 10.6 Å². The highest BCUT2D eigenvalue weighted by molar-refractivity contribution is 5.92. The highest BCUT2D eigenvalue weighted by atomic mass is 16.6. The first-order chi connectivity index (χ1) is 8.86. The van der Waals surface area contributed by atoms with Crippen LogP contribution in [0.2, 0.25) is 0 Å². The van der Waals surface area contributed by atoms with E-state index < -0.39 is 0 Å². The fourth-order valence-electron chi connectivity index (χ4n) is 1.43. The Kier molecular flexibility index (Phi) is 3.58. The Hall–Kier alpha value is -2.79. The van der Waals surface area contributed by atoms with Crippen LogP contribution in [0.15, 0.2) is 45.1 Å². The monoisotopic (exact) mass is 243 g/mol. The molecule has 0 unspecified atom stereocenters. The van der Waals surface area contributed by atoms with Gasteiger partial charge in [0.25, 0.3) is 0 Å². The maximum Gasteiger partial charge on any atom is 0.232 e. The van der Waals surface area contributed by atoms with E-state index in [1.165, 1.54) is 13.3 Å². The number of hydrogen-bond donors (Lipinski definition) is 0. The summed E-state index contributed by atoms with van der Waals surface area (Å²) in [6.07, 6.45) is 1.39. The molecule has 18 heavy (non-hydrogen) atoms. The van der Waals surface area contributed by atoms with Crippen LogP contribution >= 0.6 is 0 Å². The molecule has 1 aromatic heterocycles. The van der Waals surface area contributed by atoms with E-state index in [2.05, 4.69) is 25.2 Å². The van der Waals surface area contributed by atoms with Gasteiger partial charge in [0.15, 0.2) is 0 Å². The summed E-state index contributed by atoms with van der Waals surface area (Å²) >= 11 is 0. The summed E-state index contributed by atoms with van der Waals surface area (Å²) in [5.41, 5.74) is 10.3. The minimum absolute atomic E-state index is 0.0529. The molecule has 7 nitrogen and oxygen atoms in total. The lowest BCUT2D eigenvalue weighted by Gasteiger charge is -1.96. The van der Waals surface area contributed by atoms with Crippen LogP contribution in [0.3, 0.4) is 0 Å². The first-order valence-electron chi connectivity index (χ1n) is 5.03. The highest BCUT2D eigenvalue weighted by Gasteiger charge is 2.14. The molecule has 2 aromatic rings. The topological polar surface area (TPSA) is 96.4 Å². The molecular formula is C11H9N5O2. The smallest absolute Gasteiger partial charge is 0.232 e. The average molecular weight is 243 g/mol. The fourth-order valence-corrected chi connectivity index (χ4v) is 1.43. The number of oxime groups is 1. The first-order valence-corrected chi connectivity index (χ1v) is 5.03. The molecule has 7 heteroatoms. The van der Waals surface area contributed by atoms with Crippen LogP contribution in [0.1, 0.15) is 5.56 Å². The third-order valence-electron chi connectivity index (χ3n) is 2.18. The molecule has 0 fully saturated rings. The molecule has 0 aliphatic heterocycles. The first kappa shape index (κ1) is 11.7. The van der Waals surface area contributed by atoms with E-state index >= 15 is 0 Å². The van der Waals surface area contributed by atoms with Crippen molar-refractivity contribution in [2.45, 2.75) is 0 Å². The van der Waals surface area contributed by atoms with Crippen molar-refractivity contribution in [3.8, 4) is 11.3 Å². The van der Waals surface area contributed by atoms with E-state index in [0.717, 1.165) is 5.56 Å². The van der Waals surface area contributed by atoms with Crippen molar-refractivity contribution < 1.29 is 9.36 Å². The summed E-state index contributed by atoms with van der Waals surface area (Å²) in [7, 11) is 1.42. The largest absolute Gasteiger partial charge is 0.399 e. The predicted octanol–water partition coefficient (Wildman–Crippen LogP) is 3.26. The van der Waals surface area contributed by atoms with Gasteiger partial charge in [-0.1, -0.05) is 40.6 Å². The van der Waals surface area contributed by atoms with Crippen LogP contribution in [-0.4, -0.2) is 18.5 Å². The Morgan fingerprint density at radius 1 is 1.39 bits per heavy atom. The molecule has 0 N–H and O–H groups in total. The Morgan fingerprint density at radius 2 is 2.17 bits per heavy atom. The van der Waals surface area contributed by atoms with Crippen LogP contribution in [-0.2, 0) is 4.84 Å². The van der Waals surface area contributed by atoms with Gasteiger partial charge in [-0.2, -0.15) is 0 Å². The zero-order chi connectivity index (χ0) is 12.8. The van der Waals surface area contributed by atoms with Gasteiger partial charge < -0.3 is 9.36 Å². The van der Waals surface area contributed by atoms with E-state index in [1.54, 1.807) is 0 Å². The molecule has 2 rings (SSSR count). The summed E-state index contributed by atoms with van der Waals surface area (Å²) in [6.45, 7) is 0. The highest BCUT2D eigenvalue weighted by Crippen LogP contribution is 2.29. The van der Waals surface area contributed by atoms with Gasteiger partial charge in [-0.3, -0.25) is 0 Å². The molecule has 1 aromatic carbocycles. The number of nitrogens with zero attached hydrogens (tertiary/aromatic N) is 5. The van der Waals surface area contributed by atoms with Crippen LogP contribution in [0.25, 0.3) is 21.7 Å². The third-order valence-corrected chi connectivity index (χ3v) is 2.18. The van der Waals surface area contributed by atoms with Gasteiger partial charge in [-0.25, -0.2) is 0 Å². The summed E-state index contributed by atoms with van der Waals surface area (Å²) in [6, 6.07) is 9.35. The minimum atomic E-state index is 0.0529. The Morgan fingerprint density at radius 3 is 2.83 bits per heavy atom. The summed E-state index contributed by atoms with van der Waals surface area (Å²) in [5, 5.41) is 10.9. The molecule has 0 aliphatic rings. The lowest BCUT2D eigenvalue weighted by Crippen LogP contribution is -1.85. The SMILES string of the molecule is CO/N=C/c1c(-c2ccccc2)noc1N=[N+]=[N-]. The molecule has 0 amide bonds. The van der Waals surface area contributed by atoms with Gasteiger partial charge in [0, 0.05) is 10.5 Å². The molecule has 0 aliphatic carbocycles. The van der Waals surface area contributed by atoms with Crippen molar-refractivity contribution in [2.24, 2.45) is 10.3 Å². The van der Waals surface area contributed by atoms with Gasteiger partial charge >= 0.3 is 0 Å². The van der Waals surface area contributed by atoms with Crippen LogP contribution < -0.4 is 0 Å².